The summed E-state index contributed by atoms with van der Waals surface area (Å²) in [6.07, 6.45) is 2.46. The van der Waals surface area contributed by atoms with E-state index < -0.39 is 16.5 Å². The van der Waals surface area contributed by atoms with Gasteiger partial charge in [0.15, 0.2) is 0 Å². The van der Waals surface area contributed by atoms with E-state index in [4.69, 9.17) is 22.2 Å². The third-order valence-corrected chi connectivity index (χ3v) is 9.35. The SMILES string of the molecule is CCCCN([SiH](C)Cl)[SiH](C)Cl. The quantitative estimate of drug-likeness (QED) is 0.517. The minimum absolute atomic E-state index is 1.12. The number of rotatable bonds is 5. The lowest BCUT2D eigenvalue weighted by Gasteiger charge is -2.25. The first-order valence-electron chi connectivity index (χ1n) is 4.13. The van der Waals surface area contributed by atoms with Crippen molar-refractivity contribution < 1.29 is 0 Å². The second kappa shape index (κ2) is 6.49. The first-order valence-corrected chi connectivity index (χ1v) is 11.0. The van der Waals surface area contributed by atoms with E-state index in [1.165, 1.54) is 12.8 Å². The molecule has 0 aliphatic heterocycles. The Labute approximate surface area is 82.5 Å². The molecule has 5 heteroatoms. The molecule has 0 aromatic rings. The van der Waals surface area contributed by atoms with Crippen molar-refractivity contribution in [1.29, 1.82) is 0 Å². The zero-order chi connectivity index (χ0) is 8.85. The van der Waals surface area contributed by atoms with E-state index in [9.17, 15) is 0 Å². The van der Waals surface area contributed by atoms with Crippen LogP contribution in [0.1, 0.15) is 19.8 Å². The summed E-state index contributed by atoms with van der Waals surface area (Å²) in [6, 6.07) is 0. The third kappa shape index (κ3) is 5.25. The Hall–Kier alpha value is 0.974. The van der Waals surface area contributed by atoms with Crippen molar-refractivity contribution in [3.05, 3.63) is 0 Å². The van der Waals surface area contributed by atoms with E-state index in [0.29, 0.717) is 0 Å². The van der Waals surface area contributed by atoms with Crippen molar-refractivity contribution in [2.45, 2.75) is 32.9 Å². The number of hydrogen-bond acceptors (Lipinski definition) is 1. The van der Waals surface area contributed by atoms with Gasteiger partial charge in [-0.25, -0.2) is 0 Å². The summed E-state index contributed by atoms with van der Waals surface area (Å²) in [4.78, 5) is 0. The fraction of sp³-hybridized carbons (Fsp3) is 1.00. The van der Waals surface area contributed by atoms with Crippen LogP contribution >= 0.6 is 22.2 Å². The second-order valence-corrected chi connectivity index (χ2v) is 10.7. The van der Waals surface area contributed by atoms with Crippen LogP contribution in [0.25, 0.3) is 0 Å². The Bertz CT molecular complexity index is 92.6. The largest absolute Gasteiger partial charge is 0.326 e. The summed E-state index contributed by atoms with van der Waals surface area (Å²) in [7, 11) is -2.28. The van der Waals surface area contributed by atoms with Gasteiger partial charge in [0.2, 0.25) is 16.5 Å². The predicted octanol–water partition coefficient (Wildman–Crippen LogP) is 2.27. The normalized spacial score (nSPS) is 16.9. The van der Waals surface area contributed by atoms with E-state index in [-0.39, 0.29) is 0 Å². The van der Waals surface area contributed by atoms with Crippen molar-refractivity contribution in [3.63, 3.8) is 0 Å². The summed E-state index contributed by atoms with van der Waals surface area (Å²) in [5.74, 6) is 0. The zero-order valence-corrected chi connectivity index (χ0v) is 11.3. The molecule has 2 unspecified atom stereocenters. The minimum atomic E-state index is -1.14. The van der Waals surface area contributed by atoms with Gasteiger partial charge in [0.05, 0.1) is 0 Å². The molecular formula is C6H17Cl2NSi2. The molecule has 0 rings (SSSR count). The van der Waals surface area contributed by atoms with Gasteiger partial charge in [-0.05, 0) is 26.1 Å². The van der Waals surface area contributed by atoms with Crippen LogP contribution in [0.4, 0.5) is 0 Å². The van der Waals surface area contributed by atoms with Gasteiger partial charge in [-0.2, -0.15) is 22.2 Å². The molecule has 0 aromatic carbocycles. The van der Waals surface area contributed by atoms with Crippen LogP contribution in [0, 0.1) is 0 Å². The zero-order valence-electron chi connectivity index (χ0n) is 7.48. The maximum Gasteiger partial charge on any atom is 0.204 e. The predicted molar refractivity (Wildman–Crippen MR) is 59.3 cm³/mol. The summed E-state index contributed by atoms with van der Waals surface area (Å²) < 4.78 is 2.35. The van der Waals surface area contributed by atoms with Gasteiger partial charge < -0.3 is 4.23 Å². The average Bonchev–Trinajstić information content (AvgIpc) is 1.87. The summed E-state index contributed by atoms with van der Waals surface area (Å²) in [5, 5.41) is 0. The highest BCUT2D eigenvalue weighted by molar-refractivity contribution is 7.15. The Morgan fingerprint density at radius 1 is 1.18 bits per heavy atom. The van der Waals surface area contributed by atoms with Crippen molar-refractivity contribution >= 4 is 38.7 Å². The monoisotopic (exact) mass is 229 g/mol. The molecule has 0 amide bonds. The second-order valence-electron chi connectivity index (χ2n) is 2.74. The van der Waals surface area contributed by atoms with Crippen LogP contribution in [-0.4, -0.2) is 27.3 Å². The van der Waals surface area contributed by atoms with Crippen molar-refractivity contribution in [3.8, 4) is 0 Å². The first-order chi connectivity index (χ1) is 5.09. The fourth-order valence-corrected chi connectivity index (χ4v) is 8.47. The van der Waals surface area contributed by atoms with Gasteiger partial charge in [0, 0.05) is 0 Å². The third-order valence-electron chi connectivity index (χ3n) is 1.68. The Morgan fingerprint density at radius 3 is 1.91 bits per heavy atom. The number of hydrogen-bond donors (Lipinski definition) is 0. The molecule has 0 saturated heterocycles. The lowest BCUT2D eigenvalue weighted by molar-refractivity contribution is 0.611. The van der Waals surface area contributed by atoms with Crippen LogP contribution in [0.3, 0.4) is 0 Å². The van der Waals surface area contributed by atoms with Gasteiger partial charge in [0.1, 0.15) is 0 Å². The molecule has 0 aliphatic carbocycles. The van der Waals surface area contributed by atoms with Crippen molar-refractivity contribution in [1.82, 2.24) is 4.23 Å². The lowest BCUT2D eigenvalue weighted by atomic mass is 10.3. The van der Waals surface area contributed by atoms with E-state index in [1.54, 1.807) is 0 Å². The van der Waals surface area contributed by atoms with Crippen molar-refractivity contribution in [2.75, 3.05) is 6.54 Å². The highest BCUT2D eigenvalue weighted by atomic mass is 35.6. The molecular weight excluding hydrogens is 213 g/mol. The van der Waals surface area contributed by atoms with E-state index >= 15 is 0 Å². The number of nitrogens with zero attached hydrogens (tertiary/aromatic N) is 1. The van der Waals surface area contributed by atoms with E-state index in [0.717, 1.165) is 6.54 Å². The Morgan fingerprint density at radius 2 is 1.64 bits per heavy atom. The smallest absolute Gasteiger partial charge is 0.204 e. The highest BCUT2D eigenvalue weighted by Crippen LogP contribution is 2.07. The van der Waals surface area contributed by atoms with Gasteiger partial charge in [-0.3, -0.25) is 0 Å². The summed E-state index contributed by atoms with van der Waals surface area (Å²) >= 11 is 12.2. The Balaban J connectivity index is 3.70. The molecule has 0 aliphatic rings. The maximum atomic E-state index is 6.09. The fourth-order valence-electron chi connectivity index (χ4n) is 0.980. The van der Waals surface area contributed by atoms with Gasteiger partial charge in [-0.1, -0.05) is 13.3 Å². The summed E-state index contributed by atoms with van der Waals surface area (Å²) in [5.41, 5.74) is 0. The van der Waals surface area contributed by atoms with Crippen LogP contribution < -0.4 is 0 Å². The van der Waals surface area contributed by atoms with Gasteiger partial charge in [0.25, 0.3) is 0 Å². The molecule has 0 spiro atoms. The summed E-state index contributed by atoms with van der Waals surface area (Å²) in [6.45, 7) is 7.57. The molecule has 2 atom stereocenters. The molecule has 0 saturated carbocycles. The molecule has 11 heavy (non-hydrogen) atoms. The number of halogens is 2. The topological polar surface area (TPSA) is 3.24 Å². The minimum Gasteiger partial charge on any atom is -0.326 e. The number of unbranched alkanes of at least 4 members (excludes halogenated alkanes) is 1. The lowest BCUT2D eigenvalue weighted by Crippen LogP contribution is -2.41. The van der Waals surface area contributed by atoms with Gasteiger partial charge >= 0.3 is 0 Å². The molecule has 0 bridgehead atoms. The van der Waals surface area contributed by atoms with Crippen LogP contribution in [0.15, 0.2) is 0 Å². The van der Waals surface area contributed by atoms with Crippen LogP contribution in [0.2, 0.25) is 13.1 Å². The molecule has 0 radical (unpaired) electrons. The Kier molecular flexibility index (Phi) is 7.06. The molecule has 1 nitrogen and oxygen atoms in total. The molecule has 68 valence electrons. The van der Waals surface area contributed by atoms with Crippen LogP contribution in [-0.2, 0) is 0 Å². The molecule has 0 fully saturated rings. The first kappa shape index (κ1) is 12.0. The maximum absolute atomic E-state index is 6.09. The standard InChI is InChI=1S/C6H17Cl2NSi2/c1-4-5-6-9(10(2)7)11(3)8/h10-11H,4-6H2,1-3H3. The van der Waals surface area contributed by atoms with E-state index in [1.807, 2.05) is 0 Å². The highest BCUT2D eigenvalue weighted by Gasteiger charge is 2.17. The molecule has 0 N–H and O–H groups in total. The average molecular weight is 230 g/mol. The van der Waals surface area contributed by atoms with Crippen LogP contribution in [0.5, 0.6) is 0 Å². The van der Waals surface area contributed by atoms with Crippen molar-refractivity contribution in [2.24, 2.45) is 0 Å². The molecule has 0 aromatic heterocycles. The molecule has 0 heterocycles. The van der Waals surface area contributed by atoms with Gasteiger partial charge in [-0.15, -0.1) is 0 Å². The van der Waals surface area contributed by atoms with E-state index in [2.05, 4.69) is 24.2 Å².